The molecular weight excluding hydrogens is 254 g/mol. The molecule has 5 heteroatoms. The molecule has 2 aromatic heterocycles. The van der Waals surface area contributed by atoms with Gasteiger partial charge in [-0.3, -0.25) is 4.68 Å². The van der Waals surface area contributed by atoms with E-state index >= 15 is 0 Å². The number of carbonyl (C=O) groups is 1. The van der Waals surface area contributed by atoms with Crippen molar-refractivity contribution >= 4 is 16.9 Å². The van der Waals surface area contributed by atoms with Crippen molar-refractivity contribution in [2.45, 2.75) is 13.5 Å². The van der Waals surface area contributed by atoms with Gasteiger partial charge in [0.15, 0.2) is 0 Å². The maximum atomic E-state index is 11.2. The summed E-state index contributed by atoms with van der Waals surface area (Å²) in [5, 5.41) is 14.7. The van der Waals surface area contributed by atoms with Gasteiger partial charge < -0.3 is 9.67 Å². The van der Waals surface area contributed by atoms with Crippen LogP contribution in [0.15, 0.2) is 36.5 Å². The molecule has 0 fully saturated rings. The van der Waals surface area contributed by atoms with E-state index in [-0.39, 0.29) is 5.69 Å². The number of para-hydroxylation sites is 1. The first-order valence-electron chi connectivity index (χ1n) is 6.47. The van der Waals surface area contributed by atoms with Gasteiger partial charge in [-0.1, -0.05) is 18.2 Å². The number of aromatic carboxylic acids is 1. The molecule has 0 radical (unpaired) electrons. The number of carboxylic acid groups (broad SMARTS) is 1. The number of rotatable bonds is 3. The summed E-state index contributed by atoms with van der Waals surface area (Å²) in [7, 11) is 1.97. The van der Waals surface area contributed by atoms with Crippen molar-refractivity contribution in [2.75, 3.05) is 0 Å². The third-order valence-corrected chi connectivity index (χ3v) is 3.47. The van der Waals surface area contributed by atoms with Gasteiger partial charge in [0, 0.05) is 36.3 Å². The first-order valence-corrected chi connectivity index (χ1v) is 6.47. The number of hydrogen-bond acceptors (Lipinski definition) is 2. The number of fused-ring (bicyclic) bond motifs is 1. The predicted octanol–water partition coefficient (Wildman–Crippen LogP) is 2.76. The highest BCUT2D eigenvalue weighted by Gasteiger charge is 2.17. The van der Waals surface area contributed by atoms with Gasteiger partial charge in [0.25, 0.3) is 0 Å². The van der Waals surface area contributed by atoms with E-state index in [1.807, 2.05) is 49.0 Å². The van der Waals surface area contributed by atoms with Gasteiger partial charge in [0.05, 0.1) is 5.69 Å². The van der Waals surface area contributed by atoms with Crippen molar-refractivity contribution in [1.29, 1.82) is 0 Å². The molecule has 0 aliphatic heterocycles. The number of aryl methyl sites for hydroxylation is 2. The molecular formula is C15H15N3O2. The van der Waals surface area contributed by atoms with Crippen LogP contribution in [0.25, 0.3) is 22.2 Å². The molecule has 0 atom stereocenters. The lowest BCUT2D eigenvalue weighted by molar-refractivity contribution is 0.0683. The standard InChI is InChI=1S/C15H15N3O2/c1-3-18-14(15(19)20)8-12(16-18)11-9-17(2)13-7-5-4-6-10(11)13/h4-9H,3H2,1-2H3,(H,19,20). The Balaban J connectivity index is 2.23. The molecule has 1 N–H and O–H groups in total. The third kappa shape index (κ3) is 1.79. The minimum atomic E-state index is -0.953. The van der Waals surface area contributed by atoms with Crippen molar-refractivity contribution < 1.29 is 9.90 Å². The lowest BCUT2D eigenvalue weighted by Crippen LogP contribution is -2.07. The Morgan fingerprint density at radius 2 is 2.10 bits per heavy atom. The second kappa shape index (κ2) is 4.52. The van der Waals surface area contributed by atoms with Crippen LogP contribution in [-0.2, 0) is 13.6 Å². The maximum Gasteiger partial charge on any atom is 0.354 e. The third-order valence-electron chi connectivity index (χ3n) is 3.47. The number of aromatic nitrogens is 3. The average molecular weight is 269 g/mol. The molecule has 102 valence electrons. The Morgan fingerprint density at radius 1 is 1.35 bits per heavy atom. The first kappa shape index (κ1) is 12.5. The molecule has 0 saturated carbocycles. The van der Waals surface area contributed by atoms with Gasteiger partial charge in [-0.2, -0.15) is 5.10 Å². The van der Waals surface area contributed by atoms with E-state index in [1.54, 1.807) is 6.07 Å². The van der Waals surface area contributed by atoms with Crippen molar-refractivity contribution in [3.63, 3.8) is 0 Å². The first-order chi connectivity index (χ1) is 9.61. The summed E-state index contributed by atoms with van der Waals surface area (Å²) in [5.41, 5.74) is 2.97. The van der Waals surface area contributed by atoms with Crippen molar-refractivity contribution in [2.24, 2.45) is 7.05 Å². The maximum absolute atomic E-state index is 11.2. The zero-order chi connectivity index (χ0) is 14.3. The minimum Gasteiger partial charge on any atom is -0.477 e. The molecule has 5 nitrogen and oxygen atoms in total. The van der Waals surface area contributed by atoms with E-state index < -0.39 is 5.97 Å². The lowest BCUT2D eigenvalue weighted by atomic mass is 10.1. The molecule has 0 saturated heterocycles. The molecule has 0 aliphatic rings. The summed E-state index contributed by atoms with van der Waals surface area (Å²) in [6, 6.07) is 9.65. The van der Waals surface area contributed by atoms with Gasteiger partial charge in [0.1, 0.15) is 5.69 Å². The Labute approximate surface area is 116 Å². The second-order valence-electron chi connectivity index (χ2n) is 4.71. The van der Waals surface area contributed by atoms with Crippen LogP contribution >= 0.6 is 0 Å². The van der Waals surface area contributed by atoms with Crippen LogP contribution in [0.5, 0.6) is 0 Å². The predicted molar refractivity (Wildman–Crippen MR) is 76.8 cm³/mol. The molecule has 0 unspecified atom stereocenters. The van der Waals surface area contributed by atoms with Crippen LogP contribution in [-0.4, -0.2) is 25.4 Å². The number of carboxylic acids is 1. The fraction of sp³-hybridized carbons (Fsp3) is 0.200. The van der Waals surface area contributed by atoms with Gasteiger partial charge in [-0.05, 0) is 19.1 Å². The Morgan fingerprint density at radius 3 is 2.75 bits per heavy atom. The molecule has 0 spiro atoms. The number of hydrogen-bond donors (Lipinski definition) is 1. The number of nitrogens with zero attached hydrogens (tertiary/aromatic N) is 3. The monoisotopic (exact) mass is 269 g/mol. The summed E-state index contributed by atoms with van der Waals surface area (Å²) >= 11 is 0. The minimum absolute atomic E-state index is 0.218. The highest BCUT2D eigenvalue weighted by molar-refractivity contribution is 5.96. The van der Waals surface area contributed by atoms with Crippen molar-refractivity contribution in [1.82, 2.24) is 14.3 Å². The van der Waals surface area contributed by atoms with Crippen LogP contribution in [0.4, 0.5) is 0 Å². The van der Waals surface area contributed by atoms with Crippen LogP contribution < -0.4 is 0 Å². The molecule has 20 heavy (non-hydrogen) atoms. The van der Waals surface area contributed by atoms with Gasteiger partial charge in [0.2, 0.25) is 0 Å². The van der Waals surface area contributed by atoms with Gasteiger partial charge in [-0.15, -0.1) is 0 Å². The van der Waals surface area contributed by atoms with E-state index in [1.165, 1.54) is 4.68 Å². The summed E-state index contributed by atoms with van der Waals surface area (Å²) in [5.74, 6) is -0.953. The zero-order valence-electron chi connectivity index (χ0n) is 11.4. The Bertz CT molecular complexity index is 799. The fourth-order valence-corrected chi connectivity index (χ4v) is 2.51. The second-order valence-corrected chi connectivity index (χ2v) is 4.71. The largest absolute Gasteiger partial charge is 0.477 e. The molecule has 3 aromatic rings. The van der Waals surface area contributed by atoms with Crippen LogP contribution in [0.1, 0.15) is 17.4 Å². The van der Waals surface area contributed by atoms with Crippen LogP contribution in [0.2, 0.25) is 0 Å². The molecule has 0 amide bonds. The lowest BCUT2D eigenvalue weighted by Gasteiger charge is -1.97. The normalized spacial score (nSPS) is 11.1. The summed E-state index contributed by atoms with van der Waals surface area (Å²) in [4.78, 5) is 11.2. The summed E-state index contributed by atoms with van der Waals surface area (Å²) < 4.78 is 3.54. The van der Waals surface area contributed by atoms with E-state index in [2.05, 4.69) is 5.10 Å². The Hall–Kier alpha value is -2.56. The Kier molecular flexibility index (Phi) is 2.82. The van der Waals surface area contributed by atoms with Crippen LogP contribution in [0, 0.1) is 0 Å². The molecule has 2 heterocycles. The van der Waals surface area contributed by atoms with E-state index in [9.17, 15) is 9.90 Å². The molecule has 3 rings (SSSR count). The van der Waals surface area contributed by atoms with Crippen molar-refractivity contribution in [3.05, 3.63) is 42.2 Å². The topological polar surface area (TPSA) is 60.0 Å². The fourth-order valence-electron chi connectivity index (χ4n) is 2.51. The molecule has 0 aliphatic carbocycles. The highest BCUT2D eigenvalue weighted by Crippen LogP contribution is 2.29. The average Bonchev–Trinajstić information content (AvgIpc) is 3.01. The van der Waals surface area contributed by atoms with Gasteiger partial charge in [-0.25, -0.2) is 4.79 Å². The van der Waals surface area contributed by atoms with E-state index in [4.69, 9.17) is 0 Å². The van der Waals surface area contributed by atoms with Crippen molar-refractivity contribution in [3.8, 4) is 11.3 Å². The molecule has 1 aromatic carbocycles. The van der Waals surface area contributed by atoms with Gasteiger partial charge >= 0.3 is 5.97 Å². The highest BCUT2D eigenvalue weighted by atomic mass is 16.4. The smallest absolute Gasteiger partial charge is 0.354 e. The summed E-state index contributed by atoms with van der Waals surface area (Å²) in [6.45, 7) is 2.42. The molecule has 0 bridgehead atoms. The SMILES string of the molecule is CCn1nc(-c2cn(C)c3ccccc23)cc1C(=O)O. The van der Waals surface area contributed by atoms with Crippen LogP contribution in [0.3, 0.4) is 0 Å². The quantitative estimate of drug-likeness (QED) is 0.795. The zero-order valence-corrected chi connectivity index (χ0v) is 11.4. The van der Waals surface area contributed by atoms with E-state index in [0.717, 1.165) is 16.5 Å². The number of benzene rings is 1. The van der Waals surface area contributed by atoms with E-state index in [0.29, 0.717) is 12.2 Å². The summed E-state index contributed by atoms with van der Waals surface area (Å²) in [6.07, 6.45) is 1.98.